The van der Waals surface area contributed by atoms with Crippen LogP contribution < -0.4 is 11.1 Å². The Morgan fingerprint density at radius 1 is 0.672 bits per heavy atom. The quantitative estimate of drug-likeness (QED) is 0.0770. The highest BCUT2D eigenvalue weighted by Crippen LogP contribution is 2.62. The van der Waals surface area contributed by atoms with Gasteiger partial charge in [-0.2, -0.15) is 0 Å². The average molecular weight is 894 g/mol. The fourth-order valence-electron chi connectivity index (χ4n) is 11.9. The number of allylic oxidation sites excluding steroid dienone is 6. The van der Waals surface area contributed by atoms with Crippen LogP contribution in [0.25, 0.3) is 0 Å². The van der Waals surface area contributed by atoms with Gasteiger partial charge in [0.05, 0.1) is 30.1 Å². The second-order valence-corrected chi connectivity index (χ2v) is 19.9. The summed E-state index contributed by atoms with van der Waals surface area (Å²) < 4.78 is 0. The van der Waals surface area contributed by atoms with Crippen molar-refractivity contribution in [2.45, 2.75) is 144 Å². The van der Waals surface area contributed by atoms with Gasteiger partial charge in [0.15, 0.2) is 0 Å². The van der Waals surface area contributed by atoms with Gasteiger partial charge in [-0.05, 0) is 70.1 Å². The van der Waals surface area contributed by atoms with Crippen LogP contribution in [0.4, 0.5) is 0 Å². The molecule has 0 spiro atoms. The molecule has 5 aliphatic rings. The topological polar surface area (TPSA) is 316 Å². The number of amides is 1. The Morgan fingerprint density at radius 3 is 1.72 bits per heavy atom. The number of nitrogens with two attached hydrogens (primary N) is 1. The van der Waals surface area contributed by atoms with E-state index in [0.717, 1.165) is 0 Å². The number of fused-ring (bicyclic) bond motifs is 6. The van der Waals surface area contributed by atoms with E-state index < -0.39 is 118 Å². The van der Waals surface area contributed by atoms with Crippen molar-refractivity contribution in [1.29, 1.82) is 0 Å². The van der Waals surface area contributed by atoms with Crippen LogP contribution in [0.2, 0.25) is 0 Å². The highest BCUT2D eigenvalue weighted by atomic mass is 16.4. The SMILES string of the molecule is C/C1=C2/N/C(=C\C3=NC(=C(/C)C4=N[C@@](C)([C@@H]5N=C1[C@](C)(CCC(=O)O)[C@H]5CC(=O)O)[C@@](C)(CC(=O)O)[C@@H]4CCC(=O)O)/[C@@](C)(CCC(N)=O)[C@@H]3CCC(=O)O)C(C)(C)[C@@H]2CCC(=O)O. The molecule has 0 aromatic rings. The van der Waals surface area contributed by atoms with Crippen LogP contribution in [-0.4, -0.2) is 101 Å². The second kappa shape index (κ2) is 17.7. The lowest BCUT2D eigenvalue weighted by molar-refractivity contribution is -0.143. The van der Waals surface area contributed by atoms with Crippen LogP contribution in [0.15, 0.2) is 49.3 Å². The molecule has 0 saturated carbocycles. The summed E-state index contributed by atoms with van der Waals surface area (Å²) >= 11 is 0. The molecule has 1 amide bonds. The van der Waals surface area contributed by atoms with Crippen LogP contribution in [-0.2, 0) is 33.6 Å². The Labute approximate surface area is 372 Å². The van der Waals surface area contributed by atoms with Gasteiger partial charge in [0.2, 0.25) is 5.91 Å². The molecule has 0 radical (unpaired) electrons. The highest BCUT2D eigenvalue weighted by Gasteiger charge is 2.66. The first-order valence-electron chi connectivity index (χ1n) is 21.8. The standard InChI is InChI=1S/C46H63N5O13/c1-22-37-25(10-13-32(55)56)42(3,4)29(49-37)20-28-24(9-12-31(53)54)43(5,17-15-30(47)52)39(48-28)23(2)38-26(11-14-33(57)58)45(7,21-36(63)64)46(8,51-38)41-27(19-35(61)62)44(6,40(22)50-41)18-16-34(59)60/h20,24-27,41,49H,9-19,21H2,1-8H3,(H2,47,52)(H,53,54)(H,55,56)(H,57,58)(H,59,60)(H,61,62)(H,63,64)/b29-20-,37-22-,39-23-/t24-,25-,26-,27+,41-,43+,44-,45+,46+/m1/s1. The maximum atomic E-state index is 13.1. The van der Waals surface area contributed by atoms with Crippen molar-refractivity contribution in [3.05, 3.63) is 34.3 Å². The fraction of sp³-hybridized carbons (Fsp3) is 0.652. The number of carboxylic acid groups (broad SMARTS) is 6. The van der Waals surface area contributed by atoms with Crippen molar-refractivity contribution < 1.29 is 64.2 Å². The van der Waals surface area contributed by atoms with E-state index in [1.807, 2.05) is 26.8 Å². The zero-order chi connectivity index (χ0) is 48.1. The summed E-state index contributed by atoms with van der Waals surface area (Å²) in [5.74, 6) is -10.5. The Kier molecular flexibility index (Phi) is 13.7. The first kappa shape index (κ1) is 49.3. The van der Waals surface area contributed by atoms with Crippen LogP contribution >= 0.6 is 0 Å². The molecule has 1 fully saturated rings. The maximum Gasteiger partial charge on any atom is 0.304 e. The van der Waals surface area contributed by atoms with Crippen LogP contribution in [0.5, 0.6) is 0 Å². The van der Waals surface area contributed by atoms with E-state index in [1.165, 1.54) is 0 Å². The Balaban J connectivity index is 2.02. The normalized spacial score (nSPS) is 35.8. The van der Waals surface area contributed by atoms with Crippen molar-refractivity contribution in [3.63, 3.8) is 0 Å². The average Bonchev–Trinajstić information content (AvgIpc) is 3.78. The molecule has 5 aliphatic heterocycles. The van der Waals surface area contributed by atoms with Crippen LogP contribution in [0.3, 0.4) is 0 Å². The number of hydrogen-bond donors (Lipinski definition) is 8. The number of hydrogen-bond acceptors (Lipinski definition) is 11. The fourth-order valence-corrected chi connectivity index (χ4v) is 11.9. The third kappa shape index (κ3) is 8.75. The van der Waals surface area contributed by atoms with Crippen molar-refractivity contribution >= 4 is 58.9 Å². The molecule has 0 aromatic heterocycles. The molecule has 9 atom stereocenters. The van der Waals surface area contributed by atoms with Gasteiger partial charge < -0.3 is 41.7 Å². The summed E-state index contributed by atoms with van der Waals surface area (Å²) in [4.78, 5) is 104. The summed E-state index contributed by atoms with van der Waals surface area (Å²) in [5, 5.41) is 65.0. The predicted molar refractivity (Wildman–Crippen MR) is 234 cm³/mol. The summed E-state index contributed by atoms with van der Waals surface area (Å²) in [6.07, 6.45) is -0.440. The van der Waals surface area contributed by atoms with E-state index in [9.17, 15) is 64.2 Å². The van der Waals surface area contributed by atoms with E-state index in [2.05, 4.69) is 5.32 Å². The summed E-state index contributed by atoms with van der Waals surface area (Å²) in [6.45, 7) is 14.4. The number of aliphatic carboxylic acids is 6. The minimum atomic E-state index is -1.59. The molecule has 0 aromatic carbocycles. The van der Waals surface area contributed by atoms with Crippen LogP contribution in [0, 0.1) is 45.3 Å². The van der Waals surface area contributed by atoms with Gasteiger partial charge in [0.1, 0.15) is 0 Å². The number of aliphatic imine (C=N–C) groups is 3. The zero-order valence-electron chi connectivity index (χ0n) is 37.9. The molecule has 0 aliphatic carbocycles. The summed E-state index contributed by atoms with van der Waals surface area (Å²) in [6, 6.07) is -1.11. The molecule has 5 heterocycles. The van der Waals surface area contributed by atoms with Crippen molar-refractivity contribution in [2.75, 3.05) is 0 Å². The number of carbonyl (C=O) groups excluding carboxylic acids is 1. The number of rotatable bonds is 19. The van der Waals surface area contributed by atoms with Crippen molar-refractivity contribution in [3.8, 4) is 0 Å². The van der Waals surface area contributed by atoms with Crippen molar-refractivity contribution in [1.82, 2.24) is 5.32 Å². The van der Waals surface area contributed by atoms with Crippen LogP contribution in [0.1, 0.15) is 132 Å². The van der Waals surface area contributed by atoms with Gasteiger partial charge in [-0.1, -0.05) is 34.6 Å². The first-order valence-corrected chi connectivity index (χ1v) is 21.8. The summed E-state index contributed by atoms with van der Waals surface area (Å²) in [7, 11) is 0. The summed E-state index contributed by atoms with van der Waals surface area (Å²) in [5.41, 5.74) is 3.25. The highest BCUT2D eigenvalue weighted by molar-refractivity contribution is 6.09. The third-order valence-electron chi connectivity index (χ3n) is 15.7. The first-order chi connectivity index (χ1) is 29.5. The lowest BCUT2D eigenvalue weighted by Crippen LogP contribution is -2.55. The largest absolute Gasteiger partial charge is 0.481 e. The lowest BCUT2D eigenvalue weighted by Gasteiger charge is -2.48. The number of nitrogens with zero attached hydrogens (tertiary/aromatic N) is 3. The van der Waals surface area contributed by atoms with Crippen molar-refractivity contribution in [2.24, 2.45) is 66.0 Å². The Morgan fingerprint density at radius 2 is 1.20 bits per heavy atom. The molecule has 18 heteroatoms. The number of nitrogens with one attached hydrogen (secondary N) is 1. The molecular formula is C46H63N5O13. The monoisotopic (exact) mass is 893 g/mol. The minimum Gasteiger partial charge on any atom is -0.481 e. The molecule has 0 unspecified atom stereocenters. The van der Waals surface area contributed by atoms with E-state index >= 15 is 0 Å². The second-order valence-electron chi connectivity index (χ2n) is 19.9. The molecule has 350 valence electrons. The Hall–Kier alpha value is -5.68. The van der Waals surface area contributed by atoms with Gasteiger partial charge >= 0.3 is 35.8 Å². The molecule has 1 saturated heterocycles. The lowest BCUT2D eigenvalue weighted by atomic mass is 9.55. The van der Waals surface area contributed by atoms with Gasteiger partial charge in [-0.15, -0.1) is 0 Å². The molecular weight excluding hydrogens is 831 g/mol. The van der Waals surface area contributed by atoms with E-state index in [-0.39, 0.29) is 57.8 Å². The van der Waals surface area contributed by atoms with Gasteiger partial charge in [-0.25, -0.2) is 0 Å². The predicted octanol–water partition coefficient (Wildman–Crippen LogP) is 5.71. The molecule has 64 heavy (non-hydrogen) atoms. The number of carbonyl (C=O) groups is 7. The number of primary amides is 1. The minimum absolute atomic E-state index is 0.0692. The smallest absolute Gasteiger partial charge is 0.304 e. The van der Waals surface area contributed by atoms with E-state index in [4.69, 9.17) is 20.7 Å². The third-order valence-corrected chi connectivity index (χ3v) is 15.7. The number of carboxylic acids is 6. The Bertz CT molecular complexity index is 2240. The molecule has 9 N–H and O–H groups in total. The van der Waals surface area contributed by atoms with E-state index in [1.54, 1.807) is 34.6 Å². The van der Waals surface area contributed by atoms with Gasteiger partial charge in [0, 0.05) is 106 Å². The zero-order valence-corrected chi connectivity index (χ0v) is 37.9. The molecule has 8 bridgehead atoms. The molecule has 18 nitrogen and oxygen atoms in total. The van der Waals surface area contributed by atoms with E-state index in [0.29, 0.717) is 45.4 Å². The maximum absolute atomic E-state index is 13.1. The molecule has 5 rings (SSSR count). The van der Waals surface area contributed by atoms with Gasteiger partial charge in [-0.3, -0.25) is 48.5 Å². The van der Waals surface area contributed by atoms with Gasteiger partial charge in [0.25, 0.3) is 0 Å².